The van der Waals surface area contributed by atoms with Crippen LogP contribution in [0.1, 0.15) is 15.9 Å². The molecule has 0 aliphatic heterocycles. The highest BCUT2D eigenvalue weighted by Gasteiger charge is 2.21. The summed E-state index contributed by atoms with van der Waals surface area (Å²) < 4.78 is 5.46. The molecule has 0 aliphatic rings. The average Bonchev–Trinajstić information content (AvgIpc) is 2.42. The second-order valence-electron chi connectivity index (χ2n) is 4.28. The lowest BCUT2D eigenvalue weighted by Crippen LogP contribution is -2.02. The number of nitro benzene ring substituents is 1. The Morgan fingerprint density at radius 2 is 1.90 bits per heavy atom. The van der Waals surface area contributed by atoms with E-state index in [0.29, 0.717) is 5.75 Å². The first kappa shape index (κ1) is 14.8. The lowest BCUT2D eigenvalue weighted by atomic mass is 10.1. The predicted molar refractivity (Wildman–Crippen MR) is 76.3 cm³/mol. The summed E-state index contributed by atoms with van der Waals surface area (Å²) in [4.78, 5) is 21.3. The van der Waals surface area contributed by atoms with Gasteiger partial charge in [0, 0.05) is 12.1 Å². The van der Waals surface area contributed by atoms with Crippen molar-refractivity contribution in [2.24, 2.45) is 0 Å². The van der Waals surface area contributed by atoms with E-state index in [4.69, 9.17) is 21.4 Å². The van der Waals surface area contributed by atoms with Gasteiger partial charge in [-0.1, -0.05) is 29.3 Å². The number of non-ortho nitro benzene ring substituents is 1. The lowest BCUT2D eigenvalue weighted by molar-refractivity contribution is -0.384. The summed E-state index contributed by atoms with van der Waals surface area (Å²) in [6.07, 6.45) is 0. The summed E-state index contributed by atoms with van der Waals surface area (Å²) in [5.74, 6) is -1.10. The third kappa shape index (κ3) is 3.29. The second kappa shape index (κ2) is 5.80. The van der Waals surface area contributed by atoms with Gasteiger partial charge in [0.1, 0.15) is 11.3 Å². The van der Waals surface area contributed by atoms with Gasteiger partial charge in [0.05, 0.1) is 9.95 Å². The molecule has 6 nitrogen and oxygen atoms in total. The smallest absolute Gasteiger partial charge is 0.339 e. The Morgan fingerprint density at radius 1 is 1.29 bits per heavy atom. The van der Waals surface area contributed by atoms with Crippen molar-refractivity contribution in [1.82, 2.24) is 0 Å². The van der Waals surface area contributed by atoms with Crippen molar-refractivity contribution in [3.05, 3.63) is 62.7 Å². The van der Waals surface area contributed by atoms with Crippen molar-refractivity contribution in [2.75, 3.05) is 0 Å². The average molecular weight is 308 g/mol. The van der Waals surface area contributed by atoms with E-state index in [-0.39, 0.29) is 16.3 Å². The highest BCUT2D eigenvalue weighted by Crippen LogP contribution is 2.36. The summed E-state index contributed by atoms with van der Waals surface area (Å²) >= 11 is 5.91. The fourth-order valence-corrected chi connectivity index (χ4v) is 1.92. The largest absolute Gasteiger partial charge is 0.478 e. The normalized spacial score (nSPS) is 10.2. The highest BCUT2D eigenvalue weighted by molar-refractivity contribution is 6.33. The molecule has 108 valence electrons. The molecular weight excluding hydrogens is 298 g/mol. The van der Waals surface area contributed by atoms with Crippen LogP contribution in [-0.4, -0.2) is 16.0 Å². The summed E-state index contributed by atoms with van der Waals surface area (Å²) in [5.41, 5.74) is 0.235. The van der Waals surface area contributed by atoms with Gasteiger partial charge in [-0.3, -0.25) is 10.1 Å². The van der Waals surface area contributed by atoms with Crippen LogP contribution in [0.25, 0.3) is 0 Å². The standard InChI is InChI=1S/C14H10ClNO5/c1-8-2-4-10(5-3-8)21-13-11(14(17)18)6-9(16(19)20)7-12(13)15/h2-7H,1H3,(H,17,18). The Bertz CT molecular complexity index is 712. The Balaban J connectivity index is 2.49. The van der Waals surface area contributed by atoms with Gasteiger partial charge in [0.2, 0.25) is 0 Å². The molecule has 1 N–H and O–H groups in total. The van der Waals surface area contributed by atoms with Crippen molar-refractivity contribution < 1.29 is 19.6 Å². The topological polar surface area (TPSA) is 89.7 Å². The number of hydrogen-bond acceptors (Lipinski definition) is 4. The molecule has 0 atom stereocenters. The van der Waals surface area contributed by atoms with Gasteiger partial charge in [-0.15, -0.1) is 0 Å². The zero-order chi connectivity index (χ0) is 15.6. The highest BCUT2D eigenvalue weighted by atomic mass is 35.5. The third-order valence-electron chi connectivity index (χ3n) is 2.71. The van der Waals surface area contributed by atoms with Gasteiger partial charge >= 0.3 is 5.97 Å². The van der Waals surface area contributed by atoms with Crippen molar-refractivity contribution >= 4 is 23.3 Å². The first-order valence-electron chi connectivity index (χ1n) is 5.84. The van der Waals surface area contributed by atoms with Crippen LogP contribution >= 0.6 is 11.6 Å². The predicted octanol–water partition coefficient (Wildman–Crippen LogP) is 4.05. The SMILES string of the molecule is Cc1ccc(Oc2c(Cl)cc([N+](=O)[O-])cc2C(=O)O)cc1. The van der Waals surface area contributed by atoms with Gasteiger partial charge in [-0.2, -0.15) is 0 Å². The third-order valence-corrected chi connectivity index (χ3v) is 2.99. The zero-order valence-corrected chi connectivity index (χ0v) is 11.6. The van der Waals surface area contributed by atoms with E-state index in [2.05, 4.69) is 0 Å². The minimum absolute atomic E-state index is 0.126. The molecule has 0 heterocycles. The number of rotatable bonds is 4. The monoisotopic (exact) mass is 307 g/mol. The number of hydrogen-bond donors (Lipinski definition) is 1. The molecule has 0 spiro atoms. The summed E-state index contributed by atoms with van der Waals surface area (Å²) in [6, 6.07) is 8.84. The number of aromatic carboxylic acids is 1. The van der Waals surface area contributed by atoms with Crippen LogP contribution in [0, 0.1) is 17.0 Å². The molecule has 0 bridgehead atoms. The van der Waals surface area contributed by atoms with E-state index in [1.807, 2.05) is 6.92 Å². The maximum atomic E-state index is 11.2. The Kier molecular flexibility index (Phi) is 4.09. The van der Waals surface area contributed by atoms with Gasteiger partial charge < -0.3 is 9.84 Å². The maximum absolute atomic E-state index is 11.2. The van der Waals surface area contributed by atoms with Crippen LogP contribution < -0.4 is 4.74 Å². The molecular formula is C14H10ClNO5. The fraction of sp³-hybridized carbons (Fsp3) is 0.0714. The number of carboxylic acid groups (broad SMARTS) is 1. The Hall–Kier alpha value is -2.60. The molecule has 0 fully saturated rings. The fourth-order valence-electron chi connectivity index (χ4n) is 1.67. The summed E-state index contributed by atoms with van der Waals surface area (Å²) in [6.45, 7) is 1.89. The Morgan fingerprint density at radius 3 is 2.43 bits per heavy atom. The van der Waals surface area contributed by atoms with E-state index in [1.54, 1.807) is 24.3 Å². The molecule has 0 aliphatic carbocycles. The summed E-state index contributed by atoms with van der Waals surface area (Å²) in [5, 5.41) is 19.8. The number of aryl methyl sites for hydroxylation is 1. The molecule has 2 aromatic rings. The number of carbonyl (C=O) groups is 1. The molecule has 0 radical (unpaired) electrons. The molecule has 0 aromatic heterocycles. The van der Waals surface area contributed by atoms with Crippen LogP contribution in [0.15, 0.2) is 36.4 Å². The van der Waals surface area contributed by atoms with E-state index in [0.717, 1.165) is 17.7 Å². The quantitative estimate of drug-likeness (QED) is 0.680. The number of halogens is 1. The lowest BCUT2D eigenvalue weighted by Gasteiger charge is -2.10. The molecule has 21 heavy (non-hydrogen) atoms. The first-order chi connectivity index (χ1) is 9.88. The van der Waals surface area contributed by atoms with Crippen LogP contribution in [0.5, 0.6) is 11.5 Å². The van der Waals surface area contributed by atoms with Gasteiger partial charge in [-0.05, 0) is 19.1 Å². The zero-order valence-electron chi connectivity index (χ0n) is 10.9. The van der Waals surface area contributed by atoms with Crippen molar-refractivity contribution in [3.8, 4) is 11.5 Å². The van der Waals surface area contributed by atoms with Gasteiger partial charge in [-0.25, -0.2) is 4.79 Å². The molecule has 0 saturated carbocycles. The molecule has 2 rings (SSSR count). The second-order valence-corrected chi connectivity index (χ2v) is 4.69. The van der Waals surface area contributed by atoms with E-state index < -0.39 is 16.6 Å². The number of ether oxygens (including phenoxy) is 1. The summed E-state index contributed by atoms with van der Waals surface area (Å²) in [7, 11) is 0. The van der Waals surface area contributed by atoms with Crippen LogP contribution in [0.3, 0.4) is 0 Å². The maximum Gasteiger partial charge on any atom is 0.339 e. The van der Waals surface area contributed by atoms with Gasteiger partial charge in [0.15, 0.2) is 5.75 Å². The molecule has 0 saturated heterocycles. The van der Waals surface area contributed by atoms with E-state index in [1.165, 1.54) is 0 Å². The van der Waals surface area contributed by atoms with Crippen LogP contribution in [0.4, 0.5) is 5.69 Å². The number of nitro groups is 1. The van der Waals surface area contributed by atoms with Crippen LogP contribution in [0.2, 0.25) is 5.02 Å². The molecule has 0 amide bonds. The van der Waals surface area contributed by atoms with Crippen molar-refractivity contribution in [3.63, 3.8) is 0 Å². The van der Waals surface area contributed by atoms with Crippen LogP contribution in [-0.2, 0) is 0 Å². The first-order valence-corrected chi connectivity index (χ1v) is 6.22. The number of benzene rings is 2. The molecule has 0 unspecified atom stereocenters. The number of nitrogens with zero attached hydrogens (tertiary/aromatic N) is 1. The van der Waals surface area contributed by atoms with Crippen molar-refractivity contribution in [1.29, 1.82) is 0 Å². The van der Waals surface area contributed by atoms with Gasteiger partial charge in [0.25, 0.3) is 5.69 Å². The molecule has 7 heteroatoms. The Labute approximate surface area is 124 Å². The minimum atomic E-state index is -1.36. The number of carboxylic acids is 1. The van der Waals surface area contributed by atoms with E-state index >= 15 is 0 Å². The molecule has 2 aromatic carbocycles. The van der Waals surface area contributed by atoms with E-state index in [9.17, 15) is 14.9 Å². The minimum Gasteiger partial charge on any atom is -0.478 e. The van der Waals surface area contributed by atoms with Crippen molar-refractivity contribution in [2.45, 2.75) is 6.92 Å².